The number of alkyl halides is 2. The lowest BCUT2D eigenvalue weighted by molar-refractivity contribution is -0.114. The molecule has 22 heavy (non-hydrogen) atoms. The molecule has 1 amide bonds. The van der Waals surface area contributed by atoms with Crippen LogP contribution in [0.4, 0.5) is 14.5 Å². The molecule has 0 aliphatic heterocycles. The van der Waals surface area contributed by atoms with E-state index in [1.807, 2.05) is 20.8 Å². The molecule has 0 aliphatic rings. The van der Waals surface area contributed by atoms with E-state index in [1.165, 1.54) is 19.1 Å². The van der Waals surface area contributed by atoms with Gasteiger partial charge in [-0.15, -0.1) is 4.72 Å². The second kappa shape index (κ2) is 7.39. The Bertz CT molecular complexity index is 533. The summed E-state index contributed by atoms with van der Waals surface area (Å²) in [6.07, 6.45) is -2.65. The van der Waals surface area contributed by atoms with Crippen molar-refractivity contribution in [1.29, 1.82) is 0 Å². The average molecular weight is 332 g/mol. The smallest absolute Gasteiger partial charge is 0.263 e. The first-order valence-corrected chi connectivity index (χ1v) is 8.04. The Labute approximate surface area is 133 Å². The van der Waals surface area contributed by atoms with Gasteiger partial charge in [-0.3, -0.25) is 4.79 Å². The summed E-state index contributed by atoms with van der Waals surface area (Å²) in [6, 6.07) is 3.80. The number of anilines is 1. The molecule has 2 atom stereocenters. The SMILES string of the molecule is CC(=O)Nc1cc(C(F)F)cc([C@@H](C)N[S@+]([O-])C(C)(C)C)c1. The van der Waals surface area contributed by atoms with Gasteiger partial charge in [-0.1, -0.05) is 0 Å². The third kappa shape index (κ3) is 5.55. The van der Waals surface area contributed by atoms with Gasteiger partial charge in [0.1, 0.15) is 4.75 Å². The highest BCUT2D eigenvalue weighted by atomic mass is 32.2. The predicted octanol–water partition coefficient (Wildman–Crippen LogP) is 3.70. The topological polar surface area (TPSA) is 64.2 Å². The van der Waals surface area contributed by atoms with Gasteiger partial charge >= 0.3 is 0 Å². The molecule has 0 fully saturated rings. The van der Waals surface area contributed by atoms with Gasteiger partial charge in [-0.05, 0) is 51.5 Å². The maximum Gasteiger partial charge on any atom is 0.263 e. The first-order valence-electron chi connectivity index (χ1n) is 6.89. The molecule has 1 rings (SSSR count). The van der Waals surface area contributed by atoms with Crippen LogP contribution in [0.15, 0.2) is 18.2 Å². The summed E-state index contributed by atoms with van der Waals surface area (Å²) in [5.41, 5.74) is 0.658. The van der Waals surface area contributed by atoms with Crippen LogP contribution < -0.4 is 10.0 Å². The van der Waals surface area contributed by atoms with Crippen molar-refractivity contribution in [3.63, 3.8) is 0 Å². The van der Waals surface area contributed by atoms with Crippen molar-refractivity contribution < 1.29 is 18.1 Å². The number of hydrogen-bond donors (Lipinski definition) is 2. The highest BCUT2D eigenvalue weighted by Crippen LogP contribution is 2.28. The first kappa shape index (κ1) is 18.9. The number of rotatable bonds is 5. The van der Waals surface area contributed by atoms with Crippen molar-refractivity contribution in [2.24, 2.45) is 0 Å². The van der Waals surface area contributed by atoms with E-state index in [0.717, 1.165) is 0 Å². The molecule has 0 spiro atoms. The summed E-state index contributed by atoms with van der Waals surface area (Å²) in [5, 5.41) is 2.50. The largest absolute Gasteiger partial charge is 0.598 e. The number of carbonyl (C=O) groups is 1. The summed E-state index contributed by atoms with van der Waals surface area (Å²) in [5.74, 6) is -0.337. The first-order chi connectivity index (χ1) is 10.0. The molecule has 1 aromatic rings. The van der Waals surface area contributed by atoms with Crippen molar-refractivity contribution in [3.8, 4) is 0 Å². The Morgan fingerprint density at radius 2 is 1.77 bits per heavy atom. The maximum absolute atomic E-state index is 13.0. The zero-order chi connectivity index (χ0) is 17.1. The number of nitrogens with one attached hydrogen (secondary N) is 2. The van der Waals surface area contributed by atoms with Gasteiger partial charge in [-0.25, -0.2) is 8.78 Å². The molecule has 7 heteroatoms. The predicted molar refractivity (Wildman–Crippen MR) is 85.1 cm³/mol. The van der Waals surface area contributed by atoms with E-state index >= 15 is 0 Å². The van der Waals surface area contributed by atoms with Gasteiger partial charge in [0.05, 0.1) is 6.04 Å². The maximum atomic E-state index is 13.0. The lowest BCUT2D eigenvalue weighted by Crippen LogP contribution is -2.40. The van der Waals surface area contributed by atoms with Gasteiger partial charge < -0.3 is 9.87 Å². The minimum Gasteiger partial charge on any atom is -0.598 e. The molecule has 0 radical (unpaired) electrons. The van der Waals surface area contributed by atoms with Gasteiger partial charge in [0.2, 0.25) is 5.91 Å². The average Bonchev–Trinajstić information content (AvgIpc) is 2.36. The number of hydrogen-bond acceptors (Lipinski definition) is 3. The lowest BCUT2D eigenvalue weighted by atomic mass is 10.0. The molecular weight excluding hydrogens is 310 g/mol. The summed E-state index contributed by atoms with van der Waals surface area (Å²) in [6.45, 7) is 8.51. The van der Waals surface area contributed by atoms with E-state index in [-0.39, 0.29) is 11.5 Å². The van der Waals surface area contributed by atoms with Crippen LogP contribution in [0.5, 0.6) is 0 Å². The summed E-state index contributed by atoms with van der Waals surface area (Å²) in [7, 11) is 0. The Balaban J connectivity index is 3.06. The minimum absolute atomic E-state index is 0.184. The molecule has 0 bridgehead atoms. The number of amides is 1. The Morgan fingerprint density at radius 3 is 2.23 bits per heavy atom. The quantitative estimate of drug-likeness (QED) is 0.808. The third-order valence-electron chi connectivity index (χ3n) is 2.89. The molecule has 2 N–H and O–H groups in total. The summed E-state index contributed by atoms with van der Waals surface area (Å²) < 4.78 is 40.5. The molecule has 0 aromatic heterocycles. The van der Waals surface area contributed by atoms with E-state index in [2.05, 4.69) is 10.0 Å². The van der Waals surface area contributed by atoms with E-state index in [4.69, 9.17) is 0 Å². The van der Waals surface area contributed by atoms with Crippen LogP contribution in [0.1, 0.15) is 58.2 Å². The Hall–Kier alpha value is -1.18. The number of benzene rings is 1. The highest BCUT2D eigenvalue weighted by molar-refractivity contribution is 7.90. The zero-order valence-corrected chi connectivity index (χ0v) is 14.2. The van der Waals surface area contributed by atoms with Crippen molar-refractivity contribution in [2.45, 2.75) is 51.8 Å². The van der Waals surface area contributed by atoms with E-state index < -0.39 is 28.6 Å². The number of halogens is 2. The van der Waals surface area contributed by atoms with E-state index in [0.29, 0.717) is 11.3 Å². The molecule has 0 heterocycles. The summed E-state index contributed by atoms with van der Waals surface area (Å²) in [4.78, 5) is 11.1. The monoisotopic (exact) mass is 332 g/mol. The van der Waals surface area contributed by atoms with Crippen molar-refractivity contribution in [2.75, 3.05) is 5.32 Å². The second-order valence-electron chi connectivity index (χ2n) is 6.09. The van der Waals surface area contributed by atoms with Crippen molar-refractivity contribution >= 4 is 23.0 Å². The lowest BCUT2D eigenvalue weighted by Gasteiger charge is -2.27. The van der Waals surface area contributed by atoms with Crippen molar-refractivity contribution in [1.82, 2.24) is 4.72 Å². The minimum atomic E-state index is -2.65. The van der Waals surface area contributed by atoms with Gasteiger partial charge in [-0.2, -0.15) is 0 Å². The summed E-state index contributed by atoms with van der Waals surface area (Å²) >= 11 is -1.33. The molecule has 124 valence electrons. The van der Waals surface area contributed by atoms with Crippen molar-refractivity contribution in [3.05, 3.63) is 29.3 Å². The fourth-order valence-electron chi connectivity index (χ4n) is 1.73. The molecule has 1 aromatic carbocycles. The van der Waals surface area contributed by atoms with Crippen LogP contribution in [0.2, 0.25) is 0 Å². The van der Waals surface area contributed by atoms with Crippen LogP contribution in [-0.2, 0) is 16.2 Å². The Kier molecular flexibility index (Phi) is 6.34. The van der Waals surface area contributed by atoms with Gasteiger partial charge in [0.15, 0.2) is 0 Å². The Morgan fingerprint density at radius 1 is 1.23 bits per heavy atom. The highest BCUT2D eigenvalue weighted by Gasteiger charge is 2.28. The molecule has 4 nitrogen and oxygen atoms in total. The zero-order valence-electron chi connectivity index (χ0n) is 13.4. The van der Waals surface area contributed by atoms with Crippen LogP contribution in [-0.4, -0.2) is 15.2 Å². The molecule has 0 saturated carbocycles. The van der Waals surface area contributed by atoms with Crippen LogP contribution in [0.3, 0.4) is 0 Å². The van der Waals surface area contributed by atoms with Crippen LogP contribution >= 0.6 is 0 Å². The number of carbonyl (C=O) groups excluding carboxylic acids is 1. The second-order valence-corrected chi connectivity index (χ2v) is 8.09. The van der Waals surface area contributed by atoms with Crippen LogP contribution in [0, 0.1) is 0 Å². The van der Waals surface area contributed by atoms with E-state index in [9.17, 15) is 18.1 Å². The standard InChI is InChI=1S/C15H22F2N2O2S/c1-9(19-22(21)15(3,4)5)11-6-12(14(16)17)8-13(7-11)18-10(2)20/h6-9,14,19H,1-5H3,(H,18,20)/t9-,22-/m1/s1. The fourth-order valence-corrected chi connectivity index (χ4v) is 2.54. The third-order valence-corrected chi connectivity index (χ3v) is 4.57. The molecular formula is C15H22F2N2O2S. The molecule has 0 aliphatic carbocycles. The van der Waals surface area contributed by atoms with Gasteiger partial charge in [0.25, 0.3) is 6.43 Å². The van der Waals surface area contributed by atoms with Crippen LogP contribution in [0.25, 0.3) is 0 Å². The molecule has 0 saturated heterocycles. The van der Waals surface area contributed by atoms with Gasteiger partial charge in [0, 0.05) is 29.5 Å². The van der Waals surface area contributed by atoms with E-state index in [1.54, 1.807) is 13.0 Å². The normalized spacial score (nSPS) is 14.8. The fraction of sp³-hybridized carbons (Fsp3) is 0.533. The molecule has 0 unspecified atom stereocenters.